The summed E-state index contributed by atoms with van der Waals surface area (Å²) in [5.74, 6) is 1.02. The average Bonchev–Trinajstić information content (AvgIpc) is 2.44. The number of hydrogen-bond acceptors (Lipinski definition) is 4. The van der Waals surface area contributed by atoms with E-state index in [0.29, 0.717) is 6.04 Å². The molecule has 118 valence electrons. The fourth-order valence-corrected chi connectivity index (χ4v) is 2.87. The molecule has 1 aromatic rings. The molecule has 1 atom stereocenters. The van der Waals surface area contributed by atoms with Gasteiger partial charge in [0.05, 0.1) is 6.04 Å². The third-order valence-electron chi connectivity index (χ3n) is 4.09. The van der Waals surface area contributed by atoms with Crippen LogP contribution in [0.1, 0.15) is 63.8 Å². The number of piperazine rings is 1. The lowest BCUT2D eigenvalue weighted by atomic mass is 9.91. The summed E-state index contributed by atoms with van der Waals surface area (Å²) in [7, 11) is 0. The van der Waals surface area contributed by atoms with Crippen LogP contribution in [0.5, 0.6) is 0 Å². The molecular formula is C17H30N4. The number of rotatable bonds is 4. The second-order valence-electron chi connectivity index (χ2n) is 7.09. The third-order valence-corrected chi connectivity index (χ3v) is 4.09. The first-order chi connectivity index (χ1) is 9.91. The molecule has 1 unspecified atom stereocenters. The van der Waals surface area contributed by atoms with Gasteiger partial charge in [0.2, 0.25) is 0 Å². The second kappa shape index (κ2) is 6.84. The zero-order valence-corrected chi connectivity index (χ0v) is 14.2. The molecule has 0 aromatic carbocycles. The number of nitrogens with one attached hydrogen (secondary N) is 1. The van der Waals surface area contributed by atoms with Gasteiger partial charge in [-0.3, -0.25) is 4.90 Å². The minimum absolute atomic E-state index is 0.0721. The van der Waals surface area contributed by atoms with Crippen molar-refractivity contribution < 1.29 is 0 Å². The van der Waals surface area contributed by atoms with E-state index in [1.54, 1.807) is 0 Å². The molecule has 1 aliphatic heterocycles. The van der Waals surface area contributed by atoms with Crippen LogP contribution >= 0.6 is 0 Å². The maximum atomic E-state index is 4.93. The Morgan fingerprint density at radius 3 is 2.48 bits per heavy atom. The quantitative estimate of drug-likeness (QED) is 0.926. The fraction of sp³-hybridized carbons (Fsp3) is 0.765. The van der Waals surface area contributed by atoms with E-state index in [0.717, 1.165) is 56.2 Å². The van der Waals surface area contributed by atoms with Gasteiger partial charge in [0.1, 0.15) is 5.82 Å². The summed E-state index contributed by atoms with van der Waals surface area (Å²) in [6.07, 6.45) is 2.30. The Bertz CT molecular complexity index is 458. The molecule has 1 fully saturated rings. The predicted octanol–water partition coefficient (Wildman–Crippen LogP) is 2.83. The van der Waals surface area contributed by atoms with Crippen molar-refractivity contribution in [3.63, 3.8) is 0 Å². The highest BCUT2D eigenvalue weighted by molar-refractivity contribution is 5.18. The molecule has 1 saturated heterocycles. The Morgan fingerprint density at radius 2 is 1.90 bits per heavy atom. The number of nitrogens with zero attached hydrogens (tertiary/aromatic N) is 3. The monoisotopic (exact) mass is 290 g/mol. The summed E-state index contributed by atoms with van der Waals surface area (Å²) < 4.78 is 0. The fourth-order valence-electron chi connectivity index (χ4n) is 2.87. The second-order valence-corrected chi connectivity index (χ2v) is 7.09. The topological polar surface area (TPSA) is 41.1 Å². The van der Waals surface area contributed by atoms with E-state index in [9.17, 15) is 0 Å². The van der Waals surface area contributed by atoms with Gasteiger partial charge in [0, 0.05) is 43.0 Å². The van der Waals surface area contributed by atoms with E-state index in [1.165, 1.54) is 0 Å². The summed E-state index contributed by atoms with van der Waals surface area (Å²) in [5, 5.41) is 3.43. The van der Waals surface area contributed by atoms with E-state index in [1.807, 2.05) is 0 Å². The van der Waals surface area contributed by atoms with Gasteiger partial charge in [-0.2, -0.15) is 0 Å². The van der Waals surface area contributed by atoms with Gasteiger partial charge in [-0.15, -0.1) is 0 Å². The molecule has 2 heterocycles. The first kappa shape index (κ1) is 16.4. The van der Waals surface area contributed by atoms with Gasteiger partial charge in [0.25, 0.3) is 0 Å². The van der Waals surface area contributed by atoms with Gasteiger partial charge in [-0.1, -0.05) is 34.1 Å². The number of aryl methyl sites for hydroxylation is 1. The van der Waals surface area contributed by atoms with Crippen LogP contribution in [-0.2, 0) is 5.41 Å². The lowest BCUT2D eigenvalue weighted by Crippen LogP contribution is -2.45. The Kier molecular flexibility index (Phi) is 5.33. The van der Waals surface area contributed by atoms with Crippen molar-refractivity contribution in [3.05, 3.63) is 23.3 Å². The molecule has 0 radical (unpaired) electrons. The van der Waals surface area contributed by atoms with Crippen molar-refractivity contribution in [3.8, 4) is 0 Å². The predicted molar refractivity (Wildman–Crippen MR) is 87.6 cm³/mol. The first-order valence-corrected chi connectivity index (χ1v) is 8.22. The smallest absolute Gasteiger partial charge is 0.145 e. The lowest BCUT2D eigenvalue weighted by molar-refractivity contribution is 0.157. The zero-order valence-electron chi connectivity index (χ0n) is 14.2. The SMILES string of the molecule is CCCC(c1nc(C)cc(C(C)(C)C)n1)N1CCNCC1. The summed E-state index contributed by atoms with van der Waals surface area (Å²) in [6, 6.07) is 2.49. The van der Waals surface area contributed by atoms with Gasteiger partial charge in [0.15, 0.2) is 0 Å². The van der Waals surface area contributed by atoms with Crippen LogP contribution < -0.4 is 5.32 Å². The van der Waals surface area contributed by atoms with Crippen LogP contribution in [-0.4, -0.2) is 41.0 Å². The van der Waals surface area contributed by atoms with Crippen LogP contribution in [0.2, 0.25) is 0 Å². The lowest BCUT2D eigenvalue weighted by Gasteiger charge is -2.34. The molecule has 0 aliphatic carbocycles. The summed E-state index contributed by atoms with van der Waals surface area (Å²) >= 11 is 0. The minimum Gasteiger partial charge on any atom is -0.314 e. The van der Waals surface area contributed by atoms with E-state index < -0.39 is 0 Å². The molecular weight excluding hydrogens is 260 g/mol. The van der Waals surface area contributed by atoms with Crippen LogP contribution in [0.3, 0.4) is 0 Å². The van der Waals surface area contributed by atoms with Crippen molar-refractivity contribution >= 4 is 0 Å². The van der Waals surface area contributed by atoms with Crippen LogP contribution in [0.4, 0.5) is 0 Å². The van der Waals surface area contributed by atoms with E-state index >= 15 is 0 Å². The Morgan fingerprint density at radius 1 is 1.24 bits per heavy atom. The maximum Gasteiger partial charge on any atom is 0.145 e. The van der Waals surface area contributed by atoms with Crippen molar-refractivity contribution in [2.24, 2.45) is 0 Å². The Balaban J connectivity index is 2.32. The summed E-state index contributed by atoms with van der Waals surface area (Å²) in [4.78, 5) is 12.2. The Labute approximate surface area is 129 Å². The van der Waals surface area contributed by atoms with Crippen molar-refractivity contribution in [2.45, 2.75) is 58.9 Å². The summed E-state index contributed by atoms with van der Waals surface area (Å²) in [6.45, 7) is 15.3. The van der Waals surface area contributed by atoms with Crippen LogP contribution in [0, 0.1) is 6.92 Å². The molecule has 4 nitrogen and oxygen atoms in total. The van der Waals surface area contributed by atoms with Gasteiger partial charge < -0.3 is 5.32 Å². The summed E-state index contributed by atoms with van der Waals surface area (Å²) in [5.41, 5.74) is 2.31. The molecule has 4 heteroatoms. The maximum absolute atomic E-state index is 4.93. The van der Waals surface area contributed by atoms with E-state index in [2.05, 4.69) is 50.9 Å². The highest BCUT2D eigenvalue weighted by Gasteiger charge is 2.26. The molecule has 1 aromatic heterocycles. The van der Waals surface area contributed by atoms with Crippen molar-refractivity contribution in [2.75, 3.05) is 26.2 Å². The largest absolute Gasteiger partial charge is 0.314 e. The Hall–Kier alpha value is -1.00. The van der Waals surface area contributed by atoms with E-state index in [-0.39, 0.29) is 5.41 Å². The number of aromatic nitrogens is 2. The average molecular weight is 290 g/mol. The highest BCUT2D eigenvalue weighted by Crippen LogP contribution is 2.27. The van der Waals surface area contributed by atoms with Crippen LogP contribution in [0.25, 0.3) is 0 Å². The molecule has 2 rings (SSSR count). The normalized spacial score (nSPS) is 18.7. The van der Waals surface area contributed by atoms with Gasteiger partial charge in [-0.25, -0.2) is 9.97 Å². The van der Waals surface area contributed by atoms with Crippen LogP contribution in [0.15, 0.2) is 6.07 Å². The minimum atomic E-state index is 0.0721. The van der Waals surface area contributed by atoms with Gasteiger partial charge in [-0.05, 0) is 19.4 Å². The number of hydrogen-bond donors (Lipinski definition) is 1. The molecule has 1 N–H and O–H groups in total. The molecule has 0 spiro atoms. The molecule has 0 bridgehead atoms. The first-order valence-electron chi connectivity index (χ1n) is 8.22. The standard InChI is InChI=1S/C17H30N4/c1-6-7-14(21-10-8-18-9-11-21)16-19-13(2)12-15(20-16)17(3,4)5/h12,14,18H,6-11H2,1-5H3. The van der Waals surface area contributed by atoms with Crippen molar-refractivity contribution in [1.82, 2.24) is 20.2 Å². The molecule has 0 amide bonds. The zero-order chi connectivity index (χ0) is 15.5. The molecule has 1 aliphatic rings. The van der Waals surface area contributed by atoms with Gasteiger partial charge >= 0.3 is 0 Å². The molecule has 21 heavy (non-hydrogen) atoms. The molecule has 0 saturated carbocycles. The third kappa shape index (κ3) is 4.24. The highest BCUT2D eigenvalue weighted by atomic mass is 15.2. The van der Waals surface area contributed by atoms with Crippen molar-refractivity contribution in [1.29, 1.82) is 0 Å². The van der Waals surface area contributed by atoms with E-state index in [4.69, 9.17) is 9.97 Å².